The molecule has 0 aliphatic carbocycles. The zero-order valence-corrected chi connectivity index (χ0v) is 17.9. The molecule has 2 aromatic carbocycles. The zero-order chi connectivity index (χ0) is 20.0. The predicted molar refractivity (Wildman–Crippen MR) is 115 cm³/mol. The maximum absolute atomic E-state index is 13.7. The van der Waals surface area contributed by atoms with Gasteiger partial charge in [0, 0.05) is 22.1 Å². The fourth-order valence-electron chi connectivity index (χ4n) is 4.55. The largest absolute Gasteiger partial charge is 0.337 e. The molecule has 0 spiro atoms. The summed E-state index contributed by atoms with van der Waals surface area (Å²) in [6.07, 6.45) is 1.75. The number of carbonyl (C=O) groups is 2. The Hall–Kier alpha value is -2.40. The first-order valence-electron chi connectivity index (χ1n) is 9.55. The summed E-state index contributed by atoms with van der Waals surface area (Å²) in [5.74, 6) is 0.0339. The van der Waals surface area contributed by atoms with E-state index in [-0.39, 0.29) is 18.5 Å². The van der Waals surface area contributed by atoms with Crippen molar-refractivity contribution in [1.29, 1.82) is 0 Å². The van der Waals surface area contributed by atoms with E-state index in [2.05, 4.69) is 41.1 Å². The Balaban J connectivity index is 1.86. The quantitative estimate of drug-likeness (QED) is 0.541. The highest BCUT2D eigenvalue weighted by Gasteiger charge is 2.31. The molecule has 28 heavy (non-hydrogen) atoms. The number of halogens is 1. The number of fused-ring (bicyclic) bond motifs is 2. The highest BCUT2D eigenvalue weighted by atomic mass is 79.9. The molecule has 0 bridgehead atoms. The van der Waals surface area contributed by atoms with Crippen molar-refractivity contribution < 1.29 is 9.59 Å². The maximum atomic E-state index is 13.7. The van der Waals surface area contributed by atoms with Gasteiger partial charge in [0.15, 0.2) is 0 Å². The molecule has 2 heterocycles. The highest BCUT2D eigenvalue weighted by molar-refractivity contribution is 9.10. The molecule has 1 aliphatic heterocycles. The molecular formula is C23H23BrN2O2. The lowest BCUT2D eigenvalue weighted by atomic mass is 9.93. The monoisotopic (exact) mass is 438 g/mol. The topological polar surface area (TPSA) is 42.3 Å². The van der Waals surface area contributed by atoms with E-state index in [1.165, 1.54) is 11.1 Å². The smallest absolute Gasteiger partial charge is 0.256 e. The molecule has 0 radical (unpaired) electrons. The lowest BCUT2D eigenvalue weighted by molar-refractivity contribution is -0.108. The molecule has 3 aromatic rings. The van der Waals surface area contributed by atoms with Gasteiger partial charge in [0.2, 0.25) is 0 Å². The van der Waals surface area contributed by atoms with Crippen LogP contribution in [0.15, 0.2) is 40.9 Å². The van der Waals surface area contributed by atoms with Gasteiger partial charge in [-0.15, -0.1) is 0 Å². The molecule has 1 atom stereocenters. The summed E-state index contributed by atoms with van der Waals surface area (Å²) < 4.78 is 2.90. The standard InChI is InChI=1S/C23H23BrN2O2/c1-14-12-18(24)13-20-21(16(3)25(10-11-27)22(14)20)23(28)26-9-8-17-6-4-5-7-19(17)15(26)2/h4-7,11-13,15H,8-10H2,1-3H3. The van der Waals surface area contributed by atoms with E-state index in [9.17, 15) is 9.59 Å². The van der Waals surface area contributed by atoms with Crippen LogP contribution in [0.25, 0.3) is 10.9 Å². The van der Waals surface area contributed by atoms with Crippen molar-refractivity contribution in [2.45, 2.75) is 39.8 Å². The molecule has 144 valence electrons. The number of carbonyl (C=O) groups excluding carboxylic acids is 2. The number of nitrogens with zero attached hydrogens (tertiary/aromatic N) is 2. The summed E-state index contributed by atoms with van der Waals surface area (Å²) in [6, 6.07) is 12.4. The summed E-state index contributed by atoms with van der Waals surface area (Å²) in [7, 11) is 0. The second-order valence-electron chi connectivity index (χ2n) is 7.48. The lowest BCUT2D eigenvalue weighted by Crippen LogP contribution is -2.39. The van der Waals surface area contributed by atoms with Crippen molar-refractivity contribution in [3.8, 4) is 0 Å². The first kappa shape index (κ1) is 18.9. The molecule has 1 amide bonds. The maximum Gasteiger partial charge on any atom is 0.256 e. The first-order chi connectivity index (χ1) is 13.4. The van der Waals surface area contributed by atoms with E-state index >= 15 is 0 Å². The van der Waals surface area contributed by atoms with Gasteiger partial charge >= 0.3 is 0 Å². The van der Waals surface area contributed by atoms with E-state index < -0.39 is 0 Å². The summed E-state index contributed by atoms with van der Waals surface area (Å²) >= 11 is 3.56. The molecule has 1 aliphatic rings. The number of hydrogen-bond donors (Lipinski definition) is 0. The van der Waals surface area contributed by atoms with Gasteiger partial charge in [-0.2, -0.15) is 0 Å². The first-order valence-corrected chi connectivity index (χ1v) is 10.3. The van der Waals surface area contributed by atoms with Crippen LogP contribution in [0.2, 0.25) is 0 Å². The van der Waals surface area contributed by atoms with Crippen molar-refractivity contribution >= 4 is 39.0 Å². The molecule has 4 nitrogen and oxygen atoms in total. The van der Waals surface area contributed by atoms with Crippen molar-refractivity contribution in [2.75, 3.05) is 6.54 Å². The average Bonchev–Trinajstić information content (AvgIpc) is 2.94. The van der Waals surface area contributed by atoms with Crippen LogP contribution < -0.4 is 0 Å². The van der Waals surface area contributed by atoms with Crippen molar-refractivity contribution in [2.24, 2.45) is 0 Å². The van der Waals surface area contributed by atoms with Crippen LogP contribution in [0.3, 0.4) is 0 Å². The number of rotatable bonds is 3. The van der Waals surface area contributed by atoms with Crippen LogP contribution in [0.4, 0.5) is 0 Å². The van der Waals surface area contributed by atoms with Crippen molar-refractivity contribution in [3.05, 3.63) is 68.8 Å². The molecule has 0 saturated heterocycles. The van der Waals surface area contributed by atoms with Gasteiger partial charge in [-0.05, 0) is 56.0 Å². The molecule has 1 unspecified atom stereocenters. The summed E-state index contributed by atoms with van der Waals surface area (Å²) in [5, 5.41) is 0.905. The van der Waals surface area contributed by atoms with Gasteiger partial charge in [0.05, 0.1) is 23.7 Å². The Morgan fingerprint density at radius 3 is 2.75 bits per heavy atom. The van der Waals surface area contributed by atoms with Gasteiger partial charge < -0.3 is 14.3 Å². The van der Waals surface area contributed by atoms with Crippen LogP contribution in [0.1, 0.15) is 45.7 Å². The molecule has 0 fully saturated rings. The fraction of sp³-hybridized carbons (Fsp3) is 0.304. The third-order valence-corrected chi connectivity index (χ3v) is 6.36. The fourth-order valence-corrected chi connectivity index (χ4v) is 5.12. The van der Waals surface area contributed by atoms with E-state index in [4.69, 9.17) is 0 Å². The second kappa shape index (κ2) is 7.21. The van der Waals surface area contributed by atoms with Gasteiger partial charge in [-0.1, -0.05) is 40.2 Å². The van der Waals surface area contributed by atoms with Crippen LogP contribution in [-0.4, -0.2) is 28.2 Å². The van der Waals surface area contributed by atoms with Gasteiger partial charge in [-0.3, -0.25) is 4.79 Å². The number of benzene rings is 2. The van der Waals surface area contributed by atoms with Crippen LogP contribution in [-0.2, 0) is 17.8 Å². The second-order valence-corrected chi connectivity index (χ2v) is 8.40. The number of amides is 1. The van der Waals surface area contributed by atoms with Gasteiger partial charge in [0.1, 0.15) is 6.29 Å². The van der Waals surface area contributed by atoms with Crippen molar-refractivity contribution in [1.82, 2.24) is 9.47 Å². The molecule has 4 rings (SSSR count). The number of hydrogen-bond acceptors (Lipinski definition) is 2. The Morgan fingerprint density at radius 1 is 1.25 bits per heavy atom. The lowest BCUT2D eigenvalue weighted by Gasteiger charge is -2.35. The summed E-state index contributed by atoms with van der Waals surface area (Å²) in [5.41, 5.74) is 6.09. The SMILES string of the molecule is Cc1cc(Br)cc2c(C(=O)N3CCc4ccccc4C3C)c(C)n(CC=O)c12. The van der Waals surface area contributed by atoms with E-state index in [1.807, 2.05) is 41.5 Å². The van der Waals surface area contributed by atoms with E-state index in [0.29, 0.717) is 12.1 Å². The number of aryl methyl sites for hydroxylation is 1. The minimum atomic E-state index is 0.0228. The third kappa shape index (κ3) is 2.89. The Kier molecular flexibility index (Phi) is 4.88. The third-order valence-electron chi connectivity index (χ3n) is 5.90. The molecule has 0 saturated carbocycles. The van der Waals surface area contributed by atoms with Crippen molar-refractivity contribution in [3.63, 3.8) is 0 Å². The zero-order valence-electron chi connectivity index (χ0n) is 16.3. The highest BCUT2D eigenvalue weighted by Crippen LogP contribution is 2.35. The Morgan fingerprint density at radius 2 is 2.00 bits per heavy atom. The Bertz CT molecular complexity index is 1100. The summed E-state index contributed by atoms with van der Waals surface area (Å²) in [6.45, 7) is 6.99. The predicted octanol–water partition coefficient (Wildman–Crippen LogP) is 4.98. The average molecular weight is 439 g/mol. The number of aldehydes is 1. The minimum Gasteiger partial charge on any atom is -0.337 e. The van der Waals surface area contributed by atoms with Gasteiger partial charge in [-0.25, -0.2) is 0 Å². The minimum absolute atomic E-state index is 0.0228. The normalized spacial score (nSPS) is 16.3. The van der Waals surface area contributed by atoms with Crippen LogP contribution in [0, 0.1) is 13.8 Å². The van der Waals surface area contributed by atoms with Crippen LogP contribution in [0.5, 0.6) is 0 Å². The molecule has 1 aromatic heterocycles. The van der Waals surface area contributed by atoms with E-state index in [0.717, 1.165) is 39.3 Å². The summed E-state index contributed by atoms with van der Waals surface area (Å²) in [4.78, 5) is 27.0. The van der Waals surface area contributed by atoms with Gasteiger partial charge in [0.25, 0.3) is 5.91 Å². The van der Waals surface area contributed by atoms with E-state index in [1.54, 1.807) is 0 Å². The molecule has 5 heteroatoms. The van der Waals surface area contributed by atoms with Crippen LogP contribution >= 0.6 is 15.9 Å². The number of aromatic nitrogens is 1. The molecular weight excluding hydrogens is 416 g/mol. The Labute approximate surface area is 173 Å². The molecule has 0 N–H and O–H groups in total.